The van der Waals surface area contributed by atoms with Crippen LogP contribution in [0, 0.1) is 0 Å². The van der Waals surface area contributed by atoms with E-state index in [1.165, 1.54) is 0 Å². The van der Waals surface area contributed by atoms with Crippen molar-refractivity contribution >= 4 is 11.4 Å². The summed E-state index contributed by atoms with van der Waals surface area (Å²) in [7, 11) is 2.16. The van der Waals surface area contributed by atoms with E-state index in [9.17, 15) is 4.79 Å². The number of carbonyl (C=O) groups is 1. The number of piperazine rings is 1. The number of carbonyl (C=O) groups excluding carboxylic acids is 1. The number of fused-ring (bicyclic) bond motifs is 1. The minimum Gasteiger partial charge on any atom is -0.351 e. The summed E-state index contributed by atoms with van der Waals surface area (Å²) in [4.78, 5) is 26.8. The predicted octanol–water partition coefficient (Wildman–Crippen LogP) is 1.95. The second kappa shape index (κ2) is 9.51. The van der Waals surface area contributed by atoms with Gasteiger partial charge in [0, 0.05) is 45.1 Å². The maximum absolute atomic E-state index is 13.0. The molecule has 4 aromatic rings. The predicted molar refractivity (Wildman–Crippen MR) is 126 cm³/mol. The number of imidazole rings is 1. The highest BCUT2D eigenvalue weighted by Crippen LogP contribution is 2.24. The van der Waals surface area contributed by atoms with E-state index in [1.807, 2.05) is 51.7 Å². The average Bonchev–Trinajstić information content (AvgIpc) is 3.48. The highest BCUT2D eigenvalue weighted by atomic mass is 16.1. The number of aromatic nitrogens is 5. The molecule has 9 heteroatoms. The van der Waals surface area contributed by atoms with Gasteiger partial charge in [0.2, 0.25) is 0 Å². The molecule has 1 aliphatic heterocycles. The summed E-state index contributed by atoms with van der Waals surface area (Å²) in [6.45, 7) is 5.97. The number of para-hydroxylation sites is 1. The minimum atomic E-state index is -0.184. The monoisotopic (exact) mass is 444 g/mol. The van der Waals surface area contributed by atoms with Crippen LogP contribution in [0.25, 0.3) is 22.7 Å². The SMILES string of the molecule is CN1CCN(CCCNC(=O)c2nc(-c3ccnn3-c3ccccc3)n3ccncc23)CC1. The van der Waals surface area contributed by atoms with Crippen LogP contribution >= 0.6 is 0 Å². The third kappa shape index (κ3) is 4.50. The van der Waals surface area contributed by atoms with E-state index in [2.05, 4.69) is 32.2 Å². The fourth-order valence-corrected chi connectivity index (χ4v) is 4.19. The molecule has 0 bridgehead atoms. The van der Waals surface area contributed by atoms with Crippen LogP contribution in [0.2, 0.25) is 0 Å². The average molecular weight is 445 g/mol. The van der Waals surface area contributed by atoms with Crippen LogP contribution in [0.3, 0.4) is 0 Å². The molecule has 0 unspecified atom stereocenters. The molecule has 1 amide bonds. The Balaban J connectivity index is 1.33. The van der Waals surface area contributed by atoms with Gasteiger partial charge in [-0.25, -0.2) is 9.67 Å². The summed E-state index contributed by atoms with van der Waals surface area (Å²) < 4.78 is 3.72. The zero-order valence-electron chi connectivity index (χ0n) is 18.8. The Bertz CT molecular complexity index is 1220. The summed E-state index contributed by atoms with van der Waals surface area (Å²) in [5, 5.41) is 7.52. The minimum absolute atomic E-state index is 0.184. The van der Waals surface area contributed by atoms with Gasteiger partial charge in [-0.05, 0) is 38.2 Å². The molecule has 3 aromatic heterocycles. The molecule has 1 fully saturated rings. The highest BCUT2D eigenvalue weighted by Gasteiger charge is 2.21. The van der Waals surface area contributed by atoms with Crippen molar-refractivity contribution in [1.82, 2.24) is 39.3 Å². The Morgan fingerprint density at radius 1 is 1.06 bits per heavy atom. The molecule has 33 heavy (non-hydrogen) atoms. The number of benzene rings is 1. The van der Waals surface area contributed by atoms with E-state index in [-0.39, 0.29) is 5.91 Å². The van der Waals surface area contributed by atoms with Gasteiger partial charge < -0.3 is 15.1 Å². The lowest BCUT2D eigenvalue weighted by molar-refractivity contribution is 0.0946. The van der Waals surface area contributed by atoms with Gasteiger partial charge in [-0.15, -0.1) is 0 Å². The first-order valence-electron chi connectivity index (χ1n) is 11.3. The van der Waals surface area contributed by atoms with Crippen molar-refractivity contribution in [2.24, 2.45) is 0 Å². The summed E-state index contributed by atoms with van der Waals surface area (Å²) >= 11 is 0. The summed E-state index contributed by atoms with van der Waals surface area (Å²) in [6, 6.07) is 11.8. The van der Waals surface area contributed by atoms with E-state index < -0.39 is 0 Å². The van der Waals surface area contributed by atoms with Crippen molar-refractivity contribution in [2.75, 3.05) is 46.3 Å². The molecule has 1 N–H and O–H groups in total. The van der Waals surface area contributed by atoms with Gasteiger partial charge in [0.15, 0.2) is 11.5 Å². The van der Waals surface area contributed by atoms with Gasteiger partial charge in [0.05, 0.1) is 23.6 Å². The smallest absolute Gasteiger partial charge is 0.272 e. The van der Waals surface area contributed by atoms with Crippen molar-refractivity contribution in [3.05, 3.63) is 66.9 Å². The molecule has 0 aliphatic carbocycles. The molecule has 0 saturated carbocycles. The highest BCUT2D eigenvalue weighted by molar-refractivity contribution is 5.99. The Hall–Kier alpha value is -3.56. The van der Waals surface area contributed by atoms with Crippen molar-refractivity contribution in [3.63, 3.8) is 0 Å². The second-order valence-electron chi connectivity index (χ2n) is 8.33. The number of amides is 1. The van der Waals surface area contributed by atoms with Gasteiger partial charge in [-0.2, -0.15) is 5.10 Å². The van der Waals surface area contributed by atoms with Crippen LogP contribution in [0.15, 0.2) is 61.2 Å². The van der Waals surface area contributed by atoms with Crippen molar-refractivity contribution in [2.45, 2.75) is 6.42 Å². The van der Waals surface area contributed by atoms with E-state index >= 15 is 0 Å². The molecule has 170 valence electrons. The molecule has 1 saturated heterocycles. The van der Waals surface area contributed by atoms with Gasteiger partial charge in [-0.1, -0.05) is 18.2 Å². The third-order valence-electron chi connectivity index (χ3n) is 6.07. The Kier molecular flexibility index (Phi) is 6.14. The van der Waals surface area contributed by atoms with E-state index in [1.54, 1.807) is 18.6 Å². The van der Waals surface area contributed by atoms with Gasteiger partial charge >= 0.3 is 0 Å². The van der Waals surface area contributed by atoms with Crippen LogP contribution in [0.1, 0.15) is 16.9 Å². The normalized spacial score (nSPS) is 15.2. The maximum Gasteiger partial charge on any atom is 0.272 e. The molecule has 1 aromatic carbocycles. The number of hydrogen-bond acceptors (Lipinski definition) is 6. The molecule has 0 atom stereocenters. The lowest BCUT2D eigenvalue weighted by Gasteiger charge is -2.32. The second-order valence-corrected chi connectivity index (χ2v) is 8.33. The van der Waals surface area contributed by atoms with Crippen LogP contribution in [0.4, 0.5) is 0 Å². The molecule has 9 nitrogen and oxygen atoms in total. The molecule has 4 heterocycles. The summed E-state index contributed by atoms with van der Waals surface area (Å²) in [6.07, 6.45) is 7.85. The van der Waals surface area contributed by atoms with E-state index in [4.69, 9.17) is 4.98 Å². The van der Waals surface area contributed by atoms with E-state index in [0.717, 1.165) is 50.5 Å². The van der Waals surface area contributed by atoms with Crippen LogP contribution in [0.5, 0.6) is 0 Å². The summed E-state index contributed by atoms with van der Waals surface area (Å²) in [5.41, 5.74) is 2.78. The molecule has 0 radical (unpaired) electrons. The topological polar surface area (TPSA) is 83.6 Å². The van der Waals surface area contributed by atoms with Crippen molar-refractivity contribution in [1.29, 1.82) is 0 Å². The zero-order chi connectivity index (χ0) is 22.6. The third-order valence-corrected chi connectivity index (χ3v) is 6.07. The number of nitrogens with one attached hydrogen (secondary N) is 1. The Labute approximate surface area is 192 Å². The first-order chi connectivity index (χ1) is 16.2. The standard InChI is InChI=1S/C24H28N8O/c1-29-14-16-30(17-15-29)12-5-9-26-24(33)22-21-18-25-11-13-31(21)23(28-22)20-8-10-27-32(20)19-6-3-2-4-7-19/h2-4,6-8,10-11,13,18H,5,9,12,14-17H2,1H3,(H,26,33). The zero-order valence-corrected chi connectivity index (χ0v) is 18.8. The summed E-state index contributed by atoms with van der Waals surface area (Å²) in [5.74, 6) is 0.465. The van der Waals surface area contributed by atoms with Crippen molar-refractivity contribution in [3.8, 4) is 17.2 Å². The molecule has 5 rings (SSSR count). The molecular formula is C24H28N8O. The largest absolute Gasteiger partial charge is 0.351 e. The number of likely N-dealkylation sites (N-methyl/N-ethyl adjacent to an activating group) is 1. The Morgan fingerprint density at radius 3 is 2.70 bits per heavy atom. The fourth-order valence-electron chi connectivity index (χ4n) is 4.19. The maximum atomic E-state index is 13.0. The van der Waals surface area contributed by atoms with Crippen LogP contribution < -0.4 is 5.32 Å². The first-order valence-corrected chi connectivity index (χ1v) is 11.3. The van der Waals surface area contributed by atoms with Gasteiger partial charge in [0.25, 0.3) is 5.91 Å². The Morgan fingerprint density at radius 2 is 1.88 bits per heavy atom. The van der Waals surface area contributed by atoms with Crippen molar-refractivity contribution < 1.29 is 4.79 Å². The number of nitrogens with zero attached hydrogens (tertiary/aromatic N) is 7. The molecule has 1 aliphatic rings. The molecular weight excluding hydrogens is 416 g/mol. The fraction of sp³-hybridized carbons (Fsp3) is 0.333. The lowest BCUT2D eigenvalue weighted by atomic mass is 10.3. The van der Waals surface area contributed by atoms with Gasteiger partial charge in [0.1, 0.15) is 5.69 Å². The first kappa shape index (κ1) is 21.3. The number of rotatable bonds is 7. The van der Waals surface area contributed by atoms with Gasteiger partial charge in [-0.3, -0.25) is 14.2 Å². The quantitative estimate of drug-likeness (QED) is 0.439. The number of hydrogen-bond donors (Lipinski definition) is 1. The van der Waals surface area contributed by atoms with Crippen LogP contribution in [-0.4, -0.2) is 86.2 Å². The lowest BCUT2D eigenvalue weighted by Crippen LogP contribution is -2.45. The molecule has 0 spiro atoms. The van der Waals surface area contributed by atoms with E-state index in [0.29, 0.717) is 23.6 Å². The van der Waals surface area contributed by atoms with Crippen LogP contribution in [-0.2, 0) is 0 Å².